The highest BCUT2D eigenvalue weighted by atomic mass is 16.1. The third kappa shape index (κ3) is 7.50. The quantitative estimate of drug-likeness (QED) is 0.353. The molecule has 0 bridgehead atoms. The van der Waals surface area contributed by atoms with Crippen LogP contribution in [0.3, 0.4) is 0 Å². The molecule has 0 spiro atoms. The number of amides is 1. The fourth-order valence-electron chi connectivity index (χ4n) is 4.77. The Morgan fingerprint density at radius 2 is 1.89 bits per heavy atom. The predicted octanol–water partition coefficient (Wildman–Crippen LogP) is 5.20. The molecule has 0 aromatic heterocycles. The number of nitrogens with zero attached hydrogens (tertiary/aromatic N) is 1. The standard InChI is InChI=1S/C24H47N3O/c1-7-10-12-14-26-23-18(5)15-21(19(6)22(23)25)20(9-3)24(28)27-16-17(4)13-11-8-2/h14,17-23H,7-13,15-16,25H2,1-6H3,(H,27,28). The van der Waals surface area contributed by atoms with E-state index in [9.17, 15) is 4.79 Å². The monoisotopic (exact) mass is 393 g/mol. The van der Waals surface area contributed by atoms with Gasteiger partial charge in [-0.05, 0) is 62.0 Å². The van der Waals surface area contributed by atoms with E-state index in [1.807, 2.05) is 0 Å². The molecule has 164 valence electrons. The van der Waals surface area contributed by atoms with E-state index in [0.717, 1.165) is 25.8 Å². The van der Waals surface area contributed by atoms with Crippen LogP contribution in [0.15, 0.2) is 4.99 Å². The van der Waals surface area contributed by atoms with Crippen molar-refractivity contribution in [3.8, 4) is 0 Å². The zero-order valence-corrected chi connectivity index (χ0v) is 19.4. The van der Waals surface area contributed by atoms with Crippen LogP contribution in [-0.4, -0.2) is 30.8 Å². The van der Waals surface area contributed by atoms with Gasteiger partial charge >= 0.3 is 0 Å². The number of nitrogens with one attached hydrogen (secondary N) is 1. The van der Waals surface area contributed by atoms with Gasteiger partial charge in [-0.25, -0.2) is 0 Å². The molecule has 3 N–H and O–H groups in total. The van der Waals surface area contributed by atoms with Crippen LogP contribution in [-0.2, 0) is 4.79 Å². The highest BCUT2D eigenvalue weighted by Crippen LogP contribution is 2.40. The van der Waals surface area contributed by atoms with Crippen LogP contribution in [0.4, 0.5) is 0 Å². The molecule has 1 rings (SSSR count). The Balaban J connectivity index is 2.69. The van der Waals surface area contributed by atoms with Crippen LogP contribution >= 0.6 is 0 Å². The second kappa shape index (κ2) is 13.3. The van der Waals surface area contributed by atoms with Crippen molar-refractivity contribution in [2.75, 3.05) is 6.54 Å². The van der Waals surface area contributed by atoms with E-state index in [1.165, 1.54) is 32.1 Å². The summed E-state index contributed by atoms with van der Waals surface area (Å²) >= 11 is 0. The zero-order valence-electron chi connectivity index (χ0n) is 19.4. The van der Waals surface area contributed by atoms with Crippen LogP contribution in [0.25, 0.3) is 0 Å². The van der Waals surface area contributed by atoms with Crippen molar-refractivity contribution in [3.63, 3.8) is 0 Å². The molecule has 4 nitrogen and oxygen atoms in total. The number of hydrogen-bond acceptors (Lipinski definition) is 3. The molecule has 4 heteroatoms. The summed E-state index contributed by atoms with van der Waals surface area (Å²) in [4.78, 5) is 17.8. The van der Waals surface area contributed by atoms with E-state index >= 15 is 0 Å². The molecule has 1 fully saturated rings. The van der Waals surface area contributed by atoms with Gasteiger partial charge in [0.1, 0.15) is 0 Å². The summed E-state index contributed by atoms with van der Waals surface area (Å²) in [5, 5.41) is 3.24. The molecule has 1 amide bonds. The second-order valence-corrected chi connectivity index (χ2v) is 9.29. The molecule has 0 radical (unpaired) electrons. The average Bonchev–Trinajstić information content (AvgIpc) is 2.68. The van der Waals surface area contributed by atoms with Crippen molar-refractivity contribution >= 4 is 12.1 Å². The predicted molar refractivity (Wildman–Crippen MR) is 122 cm³/mol. The highest BCUT2D eigenvalue weighted by molar-refractivity contribution is 5.79. The third-order valence-electron chi connectivity index (χ3n) is 6.84. The molecule has 0 saturated heterocycles. The third-order valence-corrected chi connectivity index (χ3v) is 6.84. The van der Waals surface area contributed by atoms with E-state index in [-0.39, 0.29) is 23.9 Å². The molecule has 1 aliphatic rings. The second-order valence-electron chi connectivity index (χ2n) is 9.29. The molecule has 28 heavy (non-hydrogen) atoms. The van der Waals surface area contributed by atoms with Crippen molar-refractivity contribution in [3.05, 3.63) is 0 Å². The topological polar surface area (TPSA) is 67.5 Å². The summed E-state index contributed by atoms with van der Waals surface area (Å²) in [6.07, 6.45) is 11.1. The Morgan fingerprint density at radius 1 is 1.21 bits per heavy atom. The number of carbonyl (C=O) groups is 1. The Hall–Kier alpha value is -0.900. The first-order valence-corrected chi connectivity index (χ1v) is 11.9. The fourth-order valence-corrected chi connectivity index (χ4v) is 4.77. The normalized spacial score (nSPS) is 30.3. The van der Waals surface area contributed by atoms with Gasteiger partial charge in [0.2, 0.25) is 5.91 Å². The van der Waals surface area contributed by atoms with Gasteiger partial charge in [0, 0.05) is 18.5 Å². The Labute approximate surface area is 174 Å². The number of carbonyl (C=O) groups excluding carboxylic acids is 1. The van der Waals surface area contributed by atoms with E-state index in [4.69, 9.17) is 10.7 Å². The number of nitrogens with two attached hydrogens (primary N) is 1. The van der Waals surface area contributed by atoms with Gasteiger partial charge in [-0.1, -0.05) is 60.8 Å². The van der Waals surface area contributed by atoms with Crippen LogP contribution < -0.4 is 11.1 Å². The van der Waals surface area contributed by atoms with E-state index < -0.39 is 0 Å². The number of hydrogen-bond donors (Lipinski definition) is 2. The number of aliphatic imine (C=N–C) groups is 1. The minimum Gasteiger partial charge on any atom is -0.356 e. The summed E-state index contributed by atoms with van der Waals surface area (Å²) in [7, 11) is 0. The molecule has 0 aromatic carbocycles. The Morgan fingerprint density at radius 3 is 2.50 bits per heavy atom. The number of rotatable bonds is 12. The fraction of sp³-hybridized carbons (Fsp3) is 0.917. The lowest BCUT2D eigenvalue weighted by Crippen LogP contribution is -2.53. The van der Waals surface area contributed by atoms with Gasteiger partial charge < -0.3 is 11.1 Å². The number of unbranched alkanes of at least 4 members (excludes halogenated alkanes) is 3. The van der Waals surface area contributed by atoms with Crippen molar-refractivity contribution in [2.24, 2.45) is 40.3 Å². The van der Waals surface area contributed by atoms with Crippen molar-refractivity contribution in [1.29, 1.82) is 0 Å². The summed E-state index contributed by atoms with van der Waals surface area (Å²) in [6.45, 7) is 14.1. The lowest BCUT2D eigenvalue weighted by Gasteiger charge is -2.44. The van der Waals surface area contributed by atoms with Crippen LogP contribution in [0, 0.1) is 29.6 Å². The molecule has 7 unspecified atom stereocenters. The molecule has 0 heterocycles. The smallest absolute Gasteiger partial charge is 0.223 e. The lowest BCUT2D eigenvalue weighted by atomic mass is 9.65. The van der Waals surface area contributed by atoms with Gasteiger partial charge in [0.15, 0.2) is 0 Å². The van der Waals surface area contributed by atoms with E-state index in [0.29, 0.717) is 23.7 Å². The van der Waals surface area contributed by atoms with Crippen LogP contribution in [0.2, 0.25) is 0 Å². The van der Waals surface area contributed by atoms with Crippen LogP contribution in [0.1, 0.15) is 92.9 Å². The molecule has 1 aliphatic carbocycles. The Kier molecular flexibility index (Phi) is 12.0. The maximum Gasteiger partial charge on any atom is 0.223 e. The maximum absolute atomic E-state index is 13.0. The minimum atomic E-state index is 0.0388. The first-order valence-electron chi connectivity index (χ1n) is 11.9. The van der Waals surface area contributed by atoms with Gasteiger partial charge in [0.05, 0.1) is 6.04 Å². The van der Waals surface area contributed by atoms with Gasteiger partial charge in [-0.2, -0.15) is 0 Å². The lowest BCUT2D eigenvalue weighted by molar-refractivity contribution is -0.128. The van der Waals surface area contributed by atoms with Crippen molar-refractivity contribution in [1.82, 2.24) is 5.32 Å². The molecular weight excluding hydrogens is 346 g/mol. The maximum atomic E-state index is 13.0. The van der Waals surface area contributed by atoms with Crippen molar-refractivity contribution < 1.29 is 4.79 Å². The average molecular weight is 394 g/mol. The molecule has 0 aliphatic heterocycles. The minimum absolute atomic E-state index is 0.0388. The van der Waals surface area contributed by atoms with Gasteiger partial charge in [-0.15, -0.1) is 0 Å². The van der Waals surface area contributed by atoms with E-state index in [2.05, 4.69) is 53.1 Å². The summed E-state index contributed by atoms with van der Waals surface area (Å²) in [5.74, 6) is 1.94. The van der Waals surface area contributed by atoms with Crippen LogP contribution in [0.5, 0.6) is 0 Å². The van der Waals surface area contributed by atoms with Gasteiger partial charge in [0.25, 0.3) is 0 Å². The van der Waals surface area contributed by atoms with Crippen molar-refractivity contribution in [2.45, 2.75) is 105 Å². The van der Waals surface area contributed by atoms with Gasteiger partial charge in [-0.3, -0.25) is 9.79 Å². The first-order chi connectivity index (χ1) is 13.4. The summed E-state index contributed by atoms with van der Waals surface area (Å²) in [6, 6.07) is 0.231. The molecule has 7 atom stereocenters. The molecular formula is C24H47N3O. The highest BCUT2D eigenvalue weighted by Gasteiger charge is 2.43. The summed E-state index contributed by atoms with van der Waals surface area (Å²) in [5.41, 5.74) is 6.64. The van der Waals surface area contributed by atoms with E-state index in [1.54, 1.807) is 0 Å². The largest absolute Gasteiger partial charge is 0.356 e. The Bertz CT molecular complexity index is 465. The molecule has 0 aromatic rings. The SMILES string of the molecule is CCCCC=NC1C(C)CC(C(CC)C(=O)NCC(C)CCCC)C(C)C1N. The summed E-state index contributed by atoms with van der Waals surface area (Å²) < 4.78 is 0. The first kappa shape index (κ1) is 25.1. The zero-order chi connectivity index (χ0) is 21.1. The molecule has 1 saturated carbocycles.